The first-order chi connectivity index (χ1) is 31.6. The van der Waals surface area contributed by atoms with E-state index in [2.05, 4.69) is 242 Å². The predicted octanol–water partition coefficient (Wildman–Crippen LogP) is 12.7. The van der Waals surface area contributed by atoms with Crippen molar-refractivity contribution < 1.29 is 0 Å². The minimum Gasteiger partial charge on any atom is -0.310 e. The molecule has 64 heavy (non-hydrogen) atoms. The van der Waals surface area contributed by atoms with Gasteiger partial charge in [0.2, 0.25) is 0 Å². The Morgan fingerprint density at radius 2 is 0.844 bits per heavy atom. The molecule has 0 N–H and O–H groups in total. The summed E-state index contributed by atoms with van der Waals surface area (Å²) >= 11 is 0. The number of hydrogen-bond donors (Lipinski definition) is 0. The maximum Gasteiger partial charge on any atom is 0.182 e. The van der Waals surface area contributed by atoms with Crippen LogP contribution in [0.4, 0.5) is 34.1 Å². The Morgan fingerprint density at radius 1 is 0.344 bits per heavy atom. The van der Waals surface area contributed by atoms with Gasteiger partial charge in [0.1, 0.15) is 0 Å². The highest BCUT2D eigenvalue weighted by molar-refractivity contribution is 7.24. The summed E-state index contributed by atoms with van der Waals surface area (Å²) in [5.74, 6) is 0. The van der Waals surface area contributed by atoms with E-state index in [1.165, 1.54) is 116 Å². The van der Waals surface area contributed by atoms with Gasteiger partial charge < -0.3 is 9.80 Å². The van der Waals surface area contributed by atoms with Crippen molar-refractivity contribution in [3.05, 3.63) is 252 Å². The molecule has 300 valence electrons. The highest BCUT2D eigenvalue weighted by Gasteiger charge is 2.56. The van der Waals surface area contributed by atoms with Crippen LogP contribution in [0.1, 0.15) is 33.4 Å². The van der Waals surface area contributed by atoms with E-state index in [0.29, 0.717) is 0 Å². The monoisotopic (exact) mass is 830 g/mol. The Hall–Kier alpha value is -7.72. The lowest BCUT2D eigenvalue weighted by atomic mass is 9.59. The number of benzene rings is 10. The second-order valence-corrected chi connectivity index (χ2v) is 21.8. The minimum absolute atomic E-state index is 0.619. The lowest BCUT2D eigenvalue weighted by Crippen LogP contribution is -2.70. The number of aryl methyl sites for hydroxylation is 2. The molecule has 10 aromatic rings. The van der Waals surface area contributed by atoms with Crippen molar-refractivity contribution in [3.8, 4) is 22.3 Å². The van der Waals surface area contributed by atoms with Crippen molar-refractivity contribution in [2.75, 3.05) is 9.80 Å². The van der Waals surface area contributed by atoms with Crippen molar-refractivity contribution in [3.63, 3.8) is 0 Å². The minimum atomic E-state index is -2.75. The van der Waals surface area contributed by atoms with Crippen LogP contribution in [0.15, 0.2) is 218 Å². The van der Waals surface area contributed by atoms with E-state index in [-0.39, 0.29) is 0 Å². The maximum absolute atomic E-state index is 2.75. The van der Waals surface area contributed by atoms with Gasteiger partial charge in [-0.2, -0.15) is 0 Å². The number of anilines is 6. The van der Waals surface area contributed by atoms with E-state index in [1.807, 2.05) is 0 Å². The SMILES string of the molecule is Cc1ccc2c(c1)[Si]1(c3ccccc3-c3ccc(N4c5ccccc5C5(c6ccccc6N(c6ccccc6)c6ccccc65)c5ccc6ccccc6c54)cc31)c1cc(C)ccc1-2. The summed E-state index contributed by atoms with van der Waals surface area (Å²) < 4.78 is 0. The Morgan fingerprint density at radius 3 is 1.50 bits per heavy atom. The molecule has 10 aromatic carbocycles. The van der Waals surface area contributed by atoms with E-state index in [0.717, 1.165) is 5.69 Å². The normalized spacial score (nSPS) is 14.9. The zero-order chi connectivity index (χ0) is 42.3. The van der Waals surface area contributed by atoms with Gasteiger partial charge in [-0.15, -0.1) is 0 Å². The smallest absolute Gasteiger partial charge is 0.182 e. The van der Waals surface area contributed by atoms with E-state index in [1.54, 1.807) is 0 Å². The third-order valence-electron chi connectivity index (χ3n) is 14.9. The molecule has 0 unspecified atom stereocenters. The van der Waals surface area contributed by atoms with Gasteiger partial charge in [-0.3, -0.25) is 0 Å². The summed E-state index contributed by atoms with van der Waals surface area (Å²) in [6, 6.07) is 83.4. The van der Waals surface area contributed by atoms with E-state index in [4.69, 9.17) is 0 Å². The van der Waals surface area contributed by atoms with Crippen LogP contribution in [0.3, 0.4) is 0 Å². The van der Waals surface area contributed by atoms with Gasteiger partial charge in [0, 0.05) is 16.8 Å². The molecular weight excluding hydrogens is 789 g/mol. The molecule has 4 aliphatic rings. The van der Waals surface area contributed by atoms with Gasteiger partial charge in [0.15, 0.2) is 8.07 Å². The molecule has 0 saturated carbocycles. The molecule has 0 atom stereocenters. The number of fused-ring (bicyclic) bond motifs is 20. The summed E-state index contributed by atoms with van der Waals surface area (Å²) in [4.78, 5) is 5.09. The molecule has 0 radical (unpaired) electrons. The first-order valence-electron chi connectivity index (χ1n) is 22.5. The molecule has 0 aliphatic carbocycles. The van der Waals surface area contributed by atoms with Crippen LogP contribution in [0.25, 0.3) is 33.0 Å². The summed E-state index contributed by atoms with van der Waals surface area (Å²) in [6.45, 7) is 4.52. The topological polar surface area (TPSA) is 6.48 Å². The molecule has 2 nitrogen and oxygen atoms in total. The van der Waals surface area contributed by atoms with Gasteiger partial charge in [0.05, 0.1) is 28.2 Å². The van der Waals surface area contributed by atoms with Crippen LogP contribution in [0, 0.1) is 13.8 Å². The first-order valence-corrected chi connectivity index (χ1v) is 24.5. The summed E-state index contributed by atoms with van der Waals surface area (Å²) in [7, 11) is -2.75. The first kappa shape index (κ1) is 35.8. The van der Waals surface area contributed by atoms with Crippen LogP contribution < -0.4 is 30.5 Å². The fourth-order valence-electron chi connectivity index (χ4n) is 12.5. The molecule has 3 heteroatoms. The number of nitrogens with zero attached hydrogens (tertiary/aromatic N) is 2. The second kappa shape index (κ2) is 12.9. The molecule has 4 heterocycles. The molecule has 14 rings (SSSR count). The Kier molecular flexibility index (Phi) is 7.23. The third-order valence-corrected chi connectivity index (χ3v) is 19.8. The third kappa shape index (κ3) is 4.39. The molecule has 4 aliphatic heterocycles. The van der Waals surface area contributed by atoms with Crippen molar-refractivity contribution in [1.29, 1.82) is 0 Å². The van der Waals surface area contributed by atoms with Gasteiger partial charge in [-0.1, -0.05) is 187 Å². The summed E-state index contributed by atoms with van der Waals surface area (Å²) in [5, 5.41) is 8.48. The predicted molar refractivity (Wildman–Crippen MR) is 270 cm³/mol. The molecule has 0 amide bonds. The summed E-state index contributed by atoms with van der Waals surface area (Å²) in [5.41, 5.74) is 19.8. The van der Waals surface area contributed by atoms with Crippen LogP contribution >= 0.6 is 0 Å². The van der Waals surface area contributed by atoms with Crippen molar-refractivity contribution in [1.82, 2.24) is 0 Å². The maximum atomic E-state index is 2.63. The highest BCUT2D eigenvalue weighted by atomic mass is 28.3. The molecule has 0 bridgehead atoms. The van der Waals surface area contributed by atoms with Crippen LogP contribution in [0.2, 0.25) is 0 Å². The quantitative estimate of drug-likeness (QED) is 0.160. The lowest BCUT2D eigenvalue weighted by molar-refractivity contribution is 0.720. The molecule has 0 saturated heterocycles. The average Bonchev–Trinajstić information content (AvgIpc) is 3.80. The van der Waals surface area contributed by atoms with Crippen LogP contribution in [-0.4, -0.2) is 8.07 Å². The molecule has 2 spiro atoms. The fraction of sp³-hybridized carbons (Fsp3) is 0.0492. The van der Waals surface area contributed by atoms with E-state index in [9.17, 15) is 0 Å². The molecule has 0 aromatic heterocycles. The van der Waals surface area contributed by atoms with Gasteiger partial charge >= 0.3 is 0 Å². The lowest BCUT2D eigenvalue weighted by Gasteiger charge is -2.51. The molecular formula is C61H42N2Si. The van der Waals surface area contributed by atoms with Crippen LogP contribution in [0.5, 0.6) is 0 Å². The second-order valence-electron chi connectivity index (χ2n) is 18.1. The van der Waals surface area contributed by atoms with Gasteiger partial charge in [-0.05, 0) is 127 Å². The highest BCUT2D eigenvalue weighted by Crippen LogP contribution is 2.65. The van der Waals surface area contributed by atoms with Gasteiger partial charge in [-0.25, -0.2) is 0 Å². The largest absolute Gasteiger partial charge is 0.310 e. The van der Waals surface area contributed by atoms with E-state index >= 15 is 0 Å². The van der Waals surface area contributed by atoms with Gasteiger partial charge in [0.25, 0.3) is 0 Å². The number of rotatable bonds is 2. The summed E-state index contributed by atoms with van der Waals surface area (Å²) in [6.07, 6.45) is 0. The number of hydrogen-bond acceptors (Lipinski definition) is 2. The van der Waals surface area contributed by atoms with Crippen molar-refractivity contribution in [2.24, 2.45) is 0 Å². The standard InChI is InChI=1S/C61H42N2Si/c1-39-28-32-46-47-33-29-40(2)37-58(47)64(57(46)36-39)56-27-15-8-20-45(56)48-34-31-43(38-59(48)64)63-55-26-14-11-23-51(55)61(52-35-30-41-16-6-7-19-44(41)60(52)63)49-21-9-12-24-53(49)62(42-17-4-3-5-18-42)54-25-13-10-22-50(54)61/h3-38H,1-2H3. The van der Waals surface area contributed by atoms with E-state index < -0.39 is 13.5 Å². The van der Waals surface area contributed by atoms with Crippen molar-refractivity contribution in [2.45, 2.75) is 19.3 Å². The van der Waals surface area contributed by atoms with Crippen molar-refractivity contribution >= 4 is 73.7 Å². The Balaban J connectivity index is 1.10. The Labute approximate surface area is 375 Å². The number of para-hydroxylation sites is 4. The zero-order valence-corrected chi connectivity index (χ0v) is 36.7. The van der Waals surface area contributed by atoms with Crippen LogP contribution in [-0.2, 0) is 5.41 Å². The molecule has 0 fully saturated rings. The fourth-order valence-corrected chi connectivity index (χ4v) is 18.4. The zero-order valence-electron chi connectivity index (χ0n) is 35.7. The average molecular weight is 831 g/mol. The Bertz CT molecular complexity index is 3520.